The molecule has 0 aliphatic heterocycles. The monoisotopic (exact) mass is 593 g/mol. The maximum absolute atomic E-state index is 13.7. The molecular formula is C37H55NO5. The number of hydrogen-bond acceptors (Lipinski definition) is 5. The molecule has 0 unspecified atom stereocenters. The molecule has 6 heteroatoms. The molecule has 6 nitrogen and oxygen atoms in total. The first kappa shape index (κ1) is 34.3. The zero-order valence-corrected chi connectivity index (χ0v) is 27.5. The average Bonchev–Trinajstić information content (AvgIpc) is 3.04. The number of ether oxygens (including phenoxy) is 4. The predicted molar refractivity (Wildman–Crippen MR) is 179 cm³/mol. The fourth-order valence-corrected chi connectivity index (χ4v) is 6.04. The lowest BCUT2D eigenvalue weighted by Crippen LogP contribution is -2.17. The van der Waals surface area contributed by atoms with Crippen molar-refractivity contribution < 1.29 is 18.9 Å². The Bertz CT molecular complexity index is 1280. The van der Waals surface area contributed by atoms with Crippen molar-refractivity contribution in [3.63, 3.8) is 0 Å². The molecule has 3 aromatic rings. The lowest BCUT2D eigenvalue weighted by molar-refractivity contribution is 0.394. The molecule has 0 amide bonds. The molecule has 0 saturated heterocycles. The number of aromatic nitrogens is 1. The van der Waals surface area contributed by atoms with E-state index in [1.165, 1.54) is 89.9 Å². The van der Waals surface area contributed by atoms with Gasteiger partial charge in [0.25, 0.3) is 0 Å². The van der Waals surface area contributed by atoms with Gasteiger partial charge < -0.3 is 23.5 Å². The van der Waals surface area contributed by atoms with Crippen LogP contribution in [-0.4, -0.2) is 33.0 Å². The van der Waals surface area contributed by atoms with E-state index in [1.54, 1.807) is 34.5 Å². The molecule has 3 rings (SSSR count). The summed E-state index contributed by atoms with van der Waals surface area (Å²) in [6, 6.07) is 11.5. The summed E-state index contributed by atoms with van der Waals surface area (Å²) in [6.07, 6.45) is 21.3. The molecular weight excluding hydrogens is 538 g/mol. The zero-order valence-electron chi connectivity index (χ0n) is 27.5. The Kier molecular flexibility index (Phi) is 15.3. The zero-order chi connectivity index (χ0) is 30.9. The highest BCUT2D eigenvalue weighted by Crippen LogP contribution is 2.37. The number of unbranched alkanes of at least 4 members (excludes halogenated alkanes) is 15. The van der Waals surface area contributed by atoms with Crippen LogP contribution < -0.4 is 24.4 Å². The lowest BCUT2D eigenvalue weighted by atomic mass is 10.0. The van der Waals surface area contributed by atoms with E-state index in [4.69, 9.17) is 18.9 Å². The van der Waals surface area contributed by atoms with Gasteiger partial charge in [0.15, 0.2) is 5.75 Å². The third-order valence-corrected chi connectivity index (χ3v) is 8.52. The van der Waals surface area contributed by atoms with Gasteiger partial charge in [-0.15, -0.1) is 0 Å². The summed E-state index contributed by atoms with van der Waals surface area (Å²) in [7, 11) is 6.42. The van der Waals surface area contributed by atoms with Crippen molar-refractivity contribution in [2.24, 2.45) is 0 Å². The number of aryl methyl sites for hydroxylation is 1. The second kappa shape index (κ2) is 19.2. The van der Waals surface area contributed by atoms with Crippen LogP contribution in [0, 0.1) is 0 Å². The topological polar surface area (TPSA) is 58.9 Å². The van der Waals surface area contributed by atoms with E-state index < -0.39 is 0 Å². The number of methoxy groups -OCH3 is 4. The highest BCUT2D eigenvalue weighted by molar-refractivity contribution is 5.91. The lowest BCUT2D eigenvalue weighted by Gasteiger charge is -2.22. The van der Waals surface area contributed by atoms with Crippen molar-refractivity contribution in [3.05, 3.63) is 46.6 Å². The molecule has 0 aliphatic rings. The Morgan fingerprint density at radius 2 is 1.09 bits per heavy atom. The number of hydrogen-bond donors (Lipinski definition) is 0. The first-order valence-corrected chi connectivity index (χ1v) is 16.6. The molecule has 0 radical (unpaired) electrons. The van der Waals surface area contributed by atoms with Crippen LogP contribution >= 0.6 is 0 Å². The largest absolute Gasteiger partial charge is 0.497 e. The molecule has 0 aliphatic carbocycles. The maximum Gasteiger partial charge on any atom is 0.235 e. The van der Waals surface area contributed by atoms with E-state index in [2.05, 4.69) is 11.5 Å². The third-order valence-electron chi connectivity index (χ3n) is 8.52. The van der Waals surface area contributed by atoms with E-state index >= 15 is 0 Å². The first-order chi connectivity index (χ1) is 21.1. The molecule has 43 heavy (non-hydrogen) atoms. The van der Waals surface area contributed by atoms with Gasteiger partial charge in [0.1, 0.15) is 17.2 Å². The first-order valence-electron chi connectivity index (χ1n) is 16.6. The Morgan fingerprint density at radius 1 is 0.581 bits per heavy atom. The smallest absolute Gasteiger partial charge is 0.235 e. The van der Waals surface area contributed by atoms with Crippen molar-refractivity contribution >= 4 is 10.9 Å². The number of pyridine rings is 1. The fourth-order valence-electron chi connectivity index (χ4n) is 6.04. The van der Waals surface area contributed by atoms with Crippen molar-refractivity contribution in [2.45, 2.75) is 116 Å². The van der Waals surface area contributed by atoms with Crippen LogP contribution in [0.5, 0.6) is 23.0 Å². The molecule has 0 atom stereocenters. The standard InChI is InChI=1S/C37H55NO5/c1-6-7-8-9-10-11-12-13-14-15-16-17-18-19-20-21-26-38-32-27-31(41-3)28-33(42-4)34(32)36(39)37(43-5)35(38)29-22-24-30(40-2)25-23-29/h22-25,27-28H,6-21,26H2,1-5H3. The van der Waals surface area contributed by atoms with Gasteiger partial charge >= 0.3 is 0 Å². The molecule has 0 fully saturated rings. The van der Waals surface area contributed by atoms with Gasteiger partial charge in [0, 0.05) is 24.2 Å². The van der Waals surface area contributed by atoms with Crippen LogP contribution in [0.3, 0.4) is 0 Å². The summed E-state index contributed by atoms with van der Waals surface area (Å²) >= 11 is 0. The van der Waals surface area contributed by atoms with Crippen LogP contribution in [0.1, 0.15) is 110 Å². The van der Waals surface area contributed by atoms with Crippen LogP contribution in [0.4, 0.5) is 0 Å². The SMILES string of the molecule is CCCCCCCCCCCCCCCCCCn1c(-c2ccc(OC)cc2)c(OC)c(=O)c2c(OC)cc(OC)cc21. The summed E-state index contributed by atoms with van der Waals surface area (Å²) in [5, 5.41) is 0.508. The minimum atomic E-state index is -0.189. The second-order valence-corrected chi connectivity index (χ2v) is 11.6. The van der Waals surface area contributed by atoms with Crippen LogP contribution in [-0.2, 0) is 6.54 Å². The van der Waals surface area contributed by atoms with Crippen molar-refractivity contribution in [1.29, 1.82) is 0 Å². The van der Waals surface area contributed by atoms with E-state index in [1.807, 2.05) is 30.3 Å². The van der Waals surface area contributed by atoms with Gasteiger partial charge in [-0.25, -0.2) is 0 Å². The molecule has 0 bridgehead atoms. The van der Waals surface area contributed by atoms with Crippen molar-refractivity contribution in [3.8, 4) is 34.3 Å². The Labute approximate surface area is 259 Å². The molecule has 2 aromatic carbocycles. The van der Waals surface area contributed by atoms with E-state index in [9.17, 15) is 4.79 Å². The molecule has 238 valence electrons. The summed E-state index contributed by atoms with van der Waals surface area (Å²) in [5.41, 5.74) is 2.26. The number of nitrogens with zero attached hydrogens (tertiary/aromatic N) is 1. The molecule has 1 heterocycles. The van der Waals surface area contributed by atoms with E-state index in [-0.39, 0.29) is 5.43 Å². The third kappa shape index (κ3) is 9.94. The van der Waals surface area contributed by atoms with Gasteiger partial charge in [0.05, 0.1) is 45.0 Å². The summed E-state index contributed by atoms with van der Waals surface area (Å²) in [6.45, 7) is 3.03. The van der Waals surface area contributed by atoms with Crippen LogP contribution in [0.15, 0.2) is 41.2 Å². The molecule has 0 spiro atoms. The normalized spacial score (nSPS) is 11.2. The maximum atomic E-state index is 13.7. The summed E-state index contributed by atoms with van der Waals surface area (Å²) < 4.78 is 24.6. The van der Waals surface area contributed by atoms with Gasteiger partial charge in [0.2, 0.25) is 5.43 Å². The van der Waals surface area contributed by atoms with Crippen LogP contribution in [0.2, 0.25) is 0 Å². The highest BCUT2D eigenvalue weighted by atomic mass is 16.5. The van der Waals surface area contributed by atoms with Crippen molar-refractivity contribution in [2.75, 3.05) is 28.4 Å². The number of rotatable bonds is 22. The minimum Gasteiger partial charge on any atom is -0.497 e. The van der Waals surface area contributed by atoms with Gasteiger partial charge in [-0.1, -0.05) is 103 Å². The quantitative estimate of drug-likeness (QED) is 0.109. The predicted octanol–water partition coefficient (Wildman–Crippen LogP) is 9.96. The fraction of sp³-hybridized carbons (Fsp3) is 0.595. The van der Waals surface area contributed by atoms with Crippen LogP contribution in [0.25, 0.3) is 22.2 Å². The number of fused-ring (bicyclic) bond motifs is 1. The molecule has 0 N–H and O–H groups in total. The van der Waals surface area contributed by atoms with Gasteiger partial charge in [-0.3, -0.25) is 4.79 Å². The highest BCUT2D eigenvalue weighted by Gasteiger charge is 2.22. The second-order valence-electron chi connectivity index (χ2n) is 11.6. The summed E-state index contributed by atoms with van der Waals surface area (Å²) in [5.74, 6) is 2.21. The Balaban J connectivity index is 1.62. The Morgan fingerprint density at radius 3 is 1.56 bits per heavy atom. The average molecular weight is 594 g/mol. The van der Waals surface area contributed by atoms with Gasteiger partial charge in [-0.05, 0) is 30.7 Å². The Hall–Kier alpha value is -3.15. The molecule has 1 aromatic heterocycles. The van der Waals surface area contributed by atoms with Gasteiger partial charge in [-0.2, -0.15) is 0 Å². The van der Waals surface area contributed by atoms with E-state index in [0.717, 1.165) is 41.9 Å². The summed E-state index contributed by atoms with van der Waals surface area (Å²) in [4.78, 5) is 13.7. The number of benzene rings is 2. The minimum absolute atomic E-state index is 0.189. The van der Waals surface area contributed by atoms with Crippen molar-refractivity contribution in [1.82, 2.24) is 4.57 Å². The van der Waals surface area contributed by atoms with E-state index in [0.29, 0.717) is 22.6 Å². The molecule has 0 saturated carbocycles.